The molecule has 0 fully saturated rings. The molecule has 0 unspecified atom stereocenters. The summed E-state index contributed by atoms with van der Waals surface area (Å²) in [7, 11) is 0. The van der Waals surface area contributed by atoms with E-state index < -0.39 is 11.9 Å². The molecule has 0 amide bonds. The number of nitrogens with one attached hydrogen (secondary N) is 2. The summed E-state index contributed by atoms with van der Waals surface area (Å²) in [4.78, 5) is 25.9. The highest BCUT2D eigenvalue weighted by molar-refractivity contribution is 7.71. The van der Waals surface area contributed by atoms with Crippen LogP contribution in [-0.4, -0.2) is 32.1 Å². The maximum atomic E-state index is 10.3. The number of aromatic amines is 2. The average molecular weight is 310 g/mol. The molecule has 0 radical (unpaired) electrons. The van der Waals surface area contributed by atoms with E-state index in [2.05, 4.69) is 9.97 Å². The molecular weight excluding hydrogens is 300 g/mol. The molecule has 0 spiro atoms. The van der Waals surface area contributed by atoms with Gasteiger partial charge in [-0.3, -0.25) is 0 Å². The molecule has 2 rings (SSSR count). The second-order valence-corrected chi connectivity index (χ2v) is 4.25. The van der Waals surface area contributed by atoms with Gasteiger partial charge in [0.25, 0.3) is 0 Å². The van der Waals surface area contributed by atoms with Gasteiger partial charge in [-0.15, -0.1) is 0 Å². The highest BCUT2D eigenvalue weighted by Crippen LogP contribution is 1.98. The molecular formula is C12H10N2O4S2. The van der Waals surface area contributed by atoms with E-state index in [1.54, 1.807) is 24.5 Å². The van der Waals surface area contributed by atoms with Crippen LogP contribution < -0.4 is 0 Å². The Labute approximate surface area is 123 Å². The van der Waals surface area contributed by atoms with E-state index in [1.165, 1.54) is 12.1 Å². The Morgan fingerprint density at radius 1 is 0.850 bits per heavy atom. The molecule has 104 valence electrons. The van der Waals surface area contributed by atoms with E-state index in [4.69, 9.17) is 34.6 Å². The van der Waals surface area contributed by atoms with Crippen molar-refractivity contribution < 1.29 is 19.8 Å². The number of hydrogen-bond acceptors (Lipinski definition) is 4. The lowest BCUT2D eigenvalue weighted by Crippen LogP contribution is -1.97. The summed E-state index contributed by atoms with van der Waals surface area (Å²) in [6.07, 6.45) is 3.18. The topological polar surface area (TPSA) is 106 Å². The molecule has 0 saturated carbocycles. The van der Waals surface area contributed by atoms with Crippen LogP contribution in [0.4, 0.5) is 0 Å². The molecule has 0 aliphatic carbocycles. The molecule has 0 atom stereocenters. The minimum atomic E-state index is -0.998. The minimum Gasteiger partial charge on any atom is -0.478 e. The van der Waals surface area contributed by atoms with Crippen molar-refractivity contribution in [3.63, 3.8) is 0 Å². The average Bonchev–Trinajstić information content (AvgIpc) is 2.40. The summed E-state index contributed by atoms with van der Waals surface area (Å²) in [5, 5.41) is 17.0. The van der Waals surface area contributed by atoms with E-state index in [0.29, 0.717) is 0 Å². The van der Waals surface area contributed by atoms with Crippen LogP contribution in [0, 0.1) is 9.28 Å². The van der Waals surface area contributed by atoms with Crippen molar-refractivity contribution in [3.8, 4) is 0 Å². The number of H-pyrrole nitrogens is 2. The van der Waals surface area contributed by atoms with Crippen molar-refractivity contribution >= 4 is 36.4 Å². The van der Waals surface area contributed by atoms with Crippen LogP contribution >= 0.6 is 24.4 Å². The fourth-order valence-corrected chi connectivity index (χ4v) is 1.63. The molecule has 0 aliphatic heterocycles. The maximum Gasteiger partial charge on any atom is 0.338 e. The highest BCUT2D eigenvalue weighted by atomic mass is 32.1. The number of aromatic carboxylic acids is 2. The predicted octanol–water partition coefficient (Wildman–Crippen LogP) is 2.88. The van der Waals surface area contributed by atoms with Crippen LogP contribution in [-0.2, 0) is 0 Å². The van der Waals surface area contributed by atoms with Crippen molar-refractivity contribution in [1.29, 1.82) is 0 Å². The van der Waals surface area contributed by atoms with Gasteiger partial charge in [-0.1, -0.05) is 24.4 Å². The van der Waals surface area contributed by atoms with E-state index in [9.17, 15) is 9.59 Å². The van der Waals surface area contributed by atoms with E-state index in [1.807, 2.05) is 0 Å². The van der Waals surface area contributed by atoms with Crippen LogP contribution in [0.3, 0.4) is 0 Å². The summed E-state index contributed by atoms with van der Waals surface area (Å²) < 4.78 is 0.519. The maximum absolute atomic E-state index is 10.3. The number of carboxylic acids is 2. The van der Waals surface area contributed by atoms with Crippen molar-refractivity contribution in [2.24, 2.45) is 0 Å². The van der Waals surface area contributed by atoms with Crippen molar-refractivity contribution in [1.82, 2.24) is 9.97 Å². The zero-order valence-corrected chi connectivity index (χ0v) is 11.6. The minimum absolute atomic E-state index is 0.137. The SMILES string of the molecule is O=C(O)c1ccc[nH]c1=S.O=C(O)c1ccc[nH]c1=S. The van der Waals surface area contributed by atoms with Crippen LogP contribution in [0.1, 0.15) is 20.7 Å². The second-order valence-electron chi connectivity index (χ2n) is 3.44. The summed E-state index contributed by atoms with van der Waals surface area (Å²) in [6, 6.07) is 6.11. The van der Waals surface area contributed by atoms with Crippen molar-refractivity contribution in [2.45, 2.75) is 0 Å². The van der Waals surface area contributed by atoms with Gasteiger partial charge in [-0.05, 0) is 24.3 Å². The van der Waals surface area contributed by atoms with Crippen molar-refractivity contribution in [3.05, 3.63) is 57.1 Å². The molecule has 20 heavy (non-hydrogen) atoms. The van der Waals surface area contributed by atoms with Gasteiger partial charge in [0.05, 0.1) is 11.1 Å². The standard InChI is InChI=1S/2C6H5NO2S/c2*8-6(9)4-2-1-3-7-5(4)10/h2*1-3H,(H,7,10)(H,8,9). The third kappa shape index (κ3) is 4.41. The van der Waals surface area contributed by atoms with E-state index in [0.717, 1.165) is 0 Å². The number of aromatic nitrogens is 2. The van der Waals surface area contributed by atoms with Gasteiger partial charge in [0, 0.05) is 12.4 Å². The first kappa shape index (κ1) is 15.7. The van der Waals surface area contributed by atoms with Crippen LogP contribution in [0.15, 0.2) is 36.7 Å². The summed E-state index contributed by atoms with van der Waals surface area (Å²) in [6.45, 7) is 0. The monoisotopic (exact) mass is 310 g/mol. The first-order valence-electron chi connectivity index (χ1n) is 5.25. The Hall–Kier alpha value is -2.32. The lowest BCUT2D eigenvalue weighted by molar-refractivity contribution is 0.0685. The lowest BCUT2D eigenvalue weighted by atomic mass is 10.3. The molecule has 4 N–H and O–H groups in total. The van der Waals surface area contributed by atoms with Crippen LogP contribution in [0.5, 0.6) is 0 Å². The van der Waals surface area contributed by atoms with Crippen LogP contribution in [0.2, 0.25) is 0 Å². The fourth-order valence-electron chi connectivity index (χ4n) is 1.18. The summed E-state index contributed by atoms with van der Waals surface area (Å²) >= 11 is 9.38. The Kier molecular flexibility index (Phi) is 5.75. The van der Waals surface area contributed by atoms with Gasteiger partial charge in [-0.25, -0.2) is 9.59 Å². The Balaban J connectivity index is 0.000000200. The van der Waals surface area contributed by atoms with E-state index >= 15 is 0 Å². The summed E-state index contributed by atoms with van der Waals surface area (Å²) in [5.74, 6) is -2.00. The zero-order valence-electron chi connectivity index (χ0n) is 9.99. The van der Waals surface area contributed by atoms with Gasteiger partial charge < -0.3 is 20.2 Å². The lowest BCUT2D eigenvalue weighted by Gasteiger charge is -1.90. The van der Waals surface area contributed by atoms with Gasteiger partial charge in [0.2, 0.25) is 0 Å². The molecule has 6 nitrogen and oxygen atoms in total. The number of rotatable bonds is 2. The number of pyridine rings is 2. The molecule has 2 aromatic heterocycles. The van der Waals surface area contributed by atoms with E-state index in [-0.39, 0.29) is 20.4 Å². The molecule has 2 heterocycles. The van der Waals surface area contributed by atoms with Gasteiger partial charge in [0.15, 0.2) is 0 Å². The smallest absolute Gasteiger partial charge is 0.338 e. The molecule has 2 aromatic rings. The summed E-state index contributed by atoms with van der Waals surface area (Å²) in [5.41, 5.74) is 0.273. The Bertz CT molecular complexity index is 673. The number of carbonyl (C=O) groups is 2. The molecule has 0 saturated heterocycles. The molecule has 0 aromatic carbocycles. The Morgan fingerprint density at radius 3 is 1.40 bits per heavy atom. The molecule has 0 aliphatic rings. The third-order valence-corrected chi connectivity index (χ3v) is 2.77. The fraction of sp³-hybridized carbons (Fsp3) is 0. The van der Waals surface area contributed by atoms with Gasteiger partial charge >= 0.3 is 11.9 Å². The second kappa shape index (κ2) is 7.31. The molecule has 0 bridgehead atoms. The highest BCUT2D eigenvalue weighted by Gasteiger charge is 2.02. The zero-order chi connectivity index (χ0) is 15.1. The third-order valence-electron chi connectivity index (χ3n) is 2.10. The largest absolute Gasteiger partial charge is 0.478 e. The Morgan fingerprint density at radius 2 is 1.20 bits per heavy atom. The van der Waals surface area contributed by atoms with Crippen molar-refractivity contribution in [2.75, 3.05) is 0 Å². The van der Waals surface area contributed by atoms with Gasteiger partial charge in [-0.2, -0.15) is 0 Å². The van der Waals surface area contributed by atoms with Gasteiger partial charge in [0.1, 0.15) is 9.28 Å². The first-order valence-corrected chi connectivity index (χ1v) is 6.07. The van der Waals surface area contributed by atoms with Crippen LogP contribution in [0.25, 0.3) is 0 Å². The normalized spacial score (nSPS) is 9.20. The number of hydrogen-bond donors (Lipinski definition) is 4. The number of carboxylic acid groups (broad SMARTS) is 2. The first-order chi connectivity index (χ1) is 9.43. The molecule has 8 heteroatoms. The quantitative estimate of drug-likeness (QED) is 0.636. The predicted molar refractivity (Wildman–Crippen MR) is 77.2 cm³/mol.